The highest BCUT2D eigenvalue weighted by Gasteiger charge is 2.25. The van der Waals surface area contributed by atoms with E-state index in [1.54, 1.807) is 0 Å². The molecule has 8 nitrogen and oxygen atoms in total. The third-order valence-electron chi connectivity index (χ3n) is 11.5. The average molecular weight is 1020 g/mol. The van der Waals surface area contributed by atoms with Crippen LogP contribution in [0, 0.1) is 21.7 Å². The van der Waals surface area contributed by atoms with Gasteiger partial charge >= 0.3 is 0 Å². The summed E-state index contributed by atoms with van der Waals surface area (Å²) < 4.78 is 28.4. The molecule has 8 bridgehead atoms. The van der Waals surface area contributed by atoms with Gasteiger partial charge in [-0.15, -0.1) is 0 Å². The van der Waals surface area contributed by atoms with Gasteiger partial charge in [0, 0.05) is 22.2 Å². The number of aromatic nitrogens is 4. The molecule has 10 heteroatoms. The molecule has 0 atom stereocenters. The van der Waals surface area contributed by atoms with Crippen LogP contribution < -0.4 is 18.9 Å². The van der Waals surface area contributed by atoms with E-state index in [1.807, 2.05) is 36.4 Å². The maximum absolute atomic E-state index is 6.70. The monoisotopic (exact) mass is 1020 g/mol. The lowest BCUT2D eigenvalue weighted by molar-refractivity contribution is 0.235. The Kier molecular flexibility index (Phi) is 14.7. The highest BCUT2D eigenvalue weighted by atomic mass is 79.9. The predicted octanol–water partition coefficient (Wildman–Crippen LogP) is 16.8. The van der Waals surface area contributed by atoms with E-state index in [0.29, 0.717) is 26.4 Å². The number of halogens is 2. The number of nitrogens with zero attached hydrogens (tertiary/aromatic N) is 2. The van der Waals surface area contributed by atoms with E-state index in [4.69, 9.17) is 28.9 Å². The fraction of sp³-hybridized carbons (Fsp3) is 0.429. The molecule has 5 aromatic rings. The molecule has 0 unspecified atom stereocenters. The number of aromatic amines is 2. The standard InChI is InChI=1S/C56H68Br2N4O4/c1-53(2,3)27-31-63-43-15-13-16-44(64-32-28-54(4,5)6)49(43)47-35-19-23-39(59-35)51(57)41-25-21-37(61-41)48(38-22-26-42(62-38)52(58)40-24-20-36(47)60-40)50-45(65-33-29-55(7,8)9)17-14-18-46(50)66-34-30-56(10,11)12/h13-26,59,62H,27-34H2,1-12H3. The first-order valence-corrected chi connectivity index (χ1v) is 24.9. The van der Waals surface area contributed by atoms with Crippen LogP contribution in [0.2, 0.25) is 0 Å². The molecular formula is C56H68Br2N4O4. The van der Waals surface area contributed by atoms with Gasteiger partial charge < -0.3 is 28.9 Å². The van der Waals surface area contributed by atoms with Crippen molar-refractivity contribution in [2.75, 3.05) is 26.4 Å². The third kappa shape index (κ3) is 12.4. The van der Waals surface area contributed by atoms with Crippen molar-refractivity contribution in [3.05, 3.63) is 92.4 Å². The van der Waals surface area contributed by atoms with Crippen LogP contribution in [0.4, 0.5) is 0 Å². The second kappa shape index (κ2) is 19.8. The van der Waals surface area contributed by atoms with Crippen LogP contribution in [0.15, 0.2) is 69.6 Å². The van der Waals surface area contributed by atoms with Gasteiger partial charge in [-0.1, -0.05) is 95.2 Å². The SMILES string of the molecule is CC(C)(C)CCOc1cccc(OCCC(C)(C)C)c1-c1c2nc(c(Br)c3ccc([nH]3)c(-c3c(OCCC(C)(C)C)cccc3OCCC(C)(C)C)c3nc(c(Br)c4ccc1[nH]4)C=C3)C=C2. The minimum atomic E-state index is 0.104. The lowest BCUT2D eigenvalue weighted by Gasteiger charge is -2.22. The molecule has 7 rings (SSSR count). The van der Waals surface area contributed by atoms with Crippen LogP contribution in [0.1, 0.15) is 132 Å². The number of nitrogens with one attached hydrogen (secondary N) is 2. The maximum atomic E-state index is 6.70. The summed E-state index contributed by atoms with van der Waals surface area (Å²) in [6, 6.07) is 20.6. The van der Waals surface area contributed by atoms with Crippen LogP contribution in [-0.4, -0.2) is 46.4 Å². The van der Waals surface area contributed by atoms with E-state index < -0.39 is 0 Å². The number of ether oxygens (including phenoxy) is 4. The zero-order valence-corrected chi connectivity index (χ0v) is 44.2. The molecule has 0 spiro atoms. The molecule has 2 aliphatic rings. The van der Waals surface area contributed by atoms with Crippen LogP contribution >= 0.6 is 31.9 Å². The van der Waals surface area contributed by atoms with Crippen molar-refractivity contribution < 1.29 is 18.9 Å². The van der Waals surface area contributed by atoms with Gasteiger partial charge in [0.2, 0.25) is 0 Å². The van der Waals surface area contributed by atoms with E-state index >= 15 is 0 Å². The summed E-state index contributed by atoms with van der Waals surface area (Å²) in [5, 5.41) is 0. The lowest BCUT2D eigenvalue weighted by atomic mass is 9.93. The quantitative estimate of drug-likeness (QED) is 0.113. The van der Waals surface area contributed by atoms with Gasteiger partial charge in [-0.25, -0.2) is 9.97 Å². The molecule has 5 heterocycles. The Hall–Kier alpha value is -4.80. The molecule has 3 aromatic heterocycles. The zero-order chi connectivity index (χ0) is 47.6. The van der Waals surface area contributed by atoms with Crippen LogP contribution in [0.25, 0.3) is 68.6 Å². The highest BCUT2D eigenvalue weighted by molar-refractivity contribution is 9.11. The Morgan fingerprint density at radius 3 is 0.939 bits per heavy atom. The second-order valence-electron chi connectivity index (χ2n) is 22.3. The summed E-state index contributed by atoms with van der Waals surface area (Å²) in [6.07, 6.45) is 11.8. The summed E-state index contributed by atoms with van der Waals surface area (Å²) in [5.41, 5.74) is 10.4. The van der Waals surface area contributed by atoms with Crippen LogP contribution in [0.3, 0.4) is 0 Å². The molecule has 66 heavy (non-hydrogen) atoms. The van der Waals surface area contributed by atoms with Crippen molar-refractivity contribution >= 4 is 78.2 Å². The predicted molar refractivity (Wildman–Crippen MR) is 283 cm³/mol. The number of fused-ring (bicyclic) bond motifs is 8. The summed E-state index contributed by atoms with van der Waals surface area (Å²) in [7, 11) is 0. The first kappa shape index (κ1) is 49.1. The third-order valence-corrected chi connectivity index (χ3v) is 13.2. The van der Waals surface area contributed by atoms with E-state index in [2.05, 4.69) is 173 Å². The zero-order valence-electron chi connectivity index (χ0n) is 41.0. The number of benzene rings is 2. The molecular weight excluding hydrogens is 952 g/mol. The Bertz CT molecular complexity index is 2520. The number of hydrogen-bond acceptors (Lipinski definition) is 6. The first-order chi connectivity index (χ1) is 31.0. The topological polar surface area (TPSA) is 94.3 Å². The van der Waals surface area contributed by atoms with Crippen LogP contribution in [-0.2, 0) is 0 Å². The summed E-state index contributed by atoms with van der Waals surface area (Å²) in [4.78, 5) is 18.3. The molecule has 0 aliphatic carbocycles. The largest absolute Gasteiger partial charge is 0.493 e. The molecule has 2 aromatic carbocycles. The van der Waals surface area contributed by atoms with Gasteiger partial charge in [0.05, 0.1) is 80.3 Å². The maximum Gasteiger partial charge on any atom is 0.131 e. The van der Waals surface area contributed by atoms with Crippen molar-refractivity contribution in [1.82, 2.24) is 19.9 Å². The minimum Gasteiger partial charge on any atom is -0.493 e. The minimum absolute atomic E-state index is 0.104. The van der Waals surface area contributed by atoms with Gasteiger partial charge in [0.1, 0.15) is 23.0 Å². The Morgan fingerprint density at radius 2 is 0.652 bits per heavy atom. The molecule has 0 saturated carbocycles. The summed E-state index contributed by atoms with van der Waals surface area (Å²) >= 11 is 8.00. The normalized spacial score (nSPS) is 13.1. The molecule has 2 aliphatic heterocycles. The summed E-state index contributed by atoms with van der Waals surface area (Å²) in [5.74, 6) is 2.97. The fourth-order valence-corrected chi connectivity index (χ4v) is 8.43. The lowest BCUT2D eigenvalue weighted by Crippen LogP contribution is -2.13. The van der Waals surface area contributed by atoms with Crippen molar-refractivity contribution in [1.29, 1.82) is 0 Å². The first-order valence-electron chi connectivity index (χ1n) is 23.3. The summed E-state index contributed by atoms with van der Waals surface area (Å²) in [6.45, 7) is 29.0. The van der Waals surface area contributed by atoms with Gasteiger partial charge in [-0.2, -0.15) is 0 Å². The fourth-order valence-electron chi connectivity index (χ4n) is 7.53. The van der Waals surface area contributed by atoms with Crippen molar-refractivity contribution in [3.8, 4) is 45.3 Å². The van der Waals surface area contributed by atoms with E-state index in [9.17, 15) is 0 Å². The molecule has 350 valence electrons. The molecule has 0 fully saturated rings. The highest BCUT2D eigenvalue weighted by Crippen LogP contribution is 2.46. The number of hydrogen-bond donors (Lipinski definition) is 2. The van der Waals surface area contributed by atoms with Gasteiger partial charge in [-0.05, 0) is 152 Å². The van der Waals surface area contributed by atoms with Gasteiger partial charge in [0.15, 0.2) is 0 Å². The van der Waals surface area contributed by atoms with Crippen molar-refractivity contribution in [3.63, 3.8) is 0 Å². The Morgan fingerprint density at radius 1 is 0.379 bits per heavy atom. The Balaban J connectivity index is 1.50. The van der Waals surface area contributed by atoms with Gasteiger partial charge in [-0.3, -0.25) is 0 Å². The number of rotatable bonds is 14. The van der Waals surface area contributed by atoms with Gasteiger partial charge in [0.25, 0.3) is 0 Å². The Labute approximate surface area is 409 Å². The average Bonchev–Trinajstić information content (AvgIpc) is 4.06. The molecule has 0 amide bonds. The van der Waals surface area contributed by atoms with Crippen LogP contribution in [0.5, 0.6) is 23.0 Å². The van der Waals surface area contributed by atoms with E-state index in [-0.39, 0.29) is 21.7 Å². The molecule has 0 saturated heterocycles. The van der Waals surface area contributed by atoms with E-state index in [1.165, 1.54) is 0 Å². The number of H-pyrrole nitrogens is 2. The van der Waals surface area contributed by atoms with Crippen molar-refractivity contribution in [2.24, 2.45) is 21.7 Å². The molecule has 0 radical (unpaired) electrons. The second-order valence-corrected chi connectivity index (χ2v) is 23.9. The molecule has 2 N–H and O–H groups in total. The smallest absolute Gasteiger partial charge is 0.131 e. The van der Waals surface area contributed by atoms with Crippen molar-refractivity contribution in [2.45, 2.75) is 109 Å². The van der Waals surface area contributed by atoms with E-state index in [0.717, 1.165) is 125 Å².